The molecule has 1 saturated carbocycles. The van der Waals surface area contributed by atoms with Crippen molar-refractivity contribution in [3.63, 3.8) is 0 Å². The Labute approximate surface area is 150 Å². The molecule has 1 aliphatic heterocycles. The molecule has 2 atom stereocenters. The number of piperidine rings is 1. The van der Waals surface area contributed by atoms with Gasteiger partial charge in [-0.05, 0) is 49.6 Å². The minimum atomic E-state index is 0.696. The summed E-state index contributed by atoms with van der Waals surface area (Å²) in [5, 5.41) is 4.69. The Morgan fingerprint density at radius 2 is 2.08 bits per heavy atom. The van der Waals surface area contributed by atoms with Crippen LogP contribution >= 0.6 is 0 Å². The number of hydrogen-bond acceptors (Lipinski definition) is 4. The summed E-state index contributed by atoms with van der Waals surface area (Å²) in [6.07, 6.45) is 12.1. The third-order valence-electron chi connectivity index (χ3n) is 6.32. The summed E-state index contributed by atoms with van der Waals surface area (Å²) in [4.78, 5) is 14.6. The number of hydrogen-bond donors (Lipinski definition) is 2. The van der Waals surface area contributed by atoms with Crippen LogP contribution in [0, 0.1) is 17.8 Å². The van der Waals surface area contributed by atoms with E-state index in [1.165, 1.54) is 58.2 Å². The quantitative estimate of drug-likeness (QED) is 0.866. The lowest BCUT2D eigenvalue weighted by Gasteiger charge is -2.39. The normalized spacial score (nSPS) is 26.1. The van der Waals surface area contributed by atoms with E-state index in [4.69, 9.17) is 0 Å². The summed E-state index contributed by atoms with van der Waals surface area (Å²) < 4.78 is 0. The van der Waals surface area contributed by atoms with Gasteiger partial charge in [0.2, 0.25) is 0 Å². The summed E-state index contributed by atoms with van der Waals surface area (Å²) in [7, 11) is 0. The SMILES string of the molecule is CC1CCN(CC2CCCCC2)CC1CNc1ncnc2[nH]ccc12. The van der Waals surface area contributed by atoms with E-state index in [0.29, 0.717) is 5.92 Å². The number of likely N-dealkylation sites (tertiary alicyclic amines) is 1. The van der Waals surface area contributed by atoms with Gasteiger partial charge in [0.25, 0.3) is 0 Å². The minimum absolute atomic E-state index is 0.696. The lowest BCUT2D eigenvalue weighted by atomic mass is 9.84. The number of aromatic amines is 1. The van der Waals surface area contributed by atoms with Crippen LogP contribution < -0.4 is 5.32 Å². The van der Waals surface area contributed by atoms with Crippen LogP contribution in [0.2, 0.25) is 0 Å². The highest BCUT2D eigenvalue weighted by atomic mass is 15.1. The summed E-state index contributed by atoms with van der Waals surface area (Å²) >= 11 is 0. The Morgan fingerprint density at radius 1 is 1.20 bits per heavy atom. The molecule has 2 unspecified atom stereocenters. The van der Waals surface area contributed by atoms with Crippen molar-refractivity contribution in [3.05, 3.63) is 18.6 Å². The first-order chi connectivity index (χ1) is 12.3. The van der Waals surface area contributed by atoms with E-state index in [9.17, 15) is 0 Å². The van der Waals surface area contributed by atoms with Crippen LogP contribution in [-0.2, 0) is 0 Å². The maximum atomic E-state index is 4.45. The fourth-order valence-corrected chi connectivity index (χ4v) is 4.63. The van der Waals surface area contributed by atoms with Crippen LogP contribution in [-0.4, -0.2) is 46.0 Å². The molecule has 1 saturated heterocycles. The smallest absolute Gasteiger partial charge is 0.142 e. The molecular formula is C20H31N5. The Morgan fingerprint density at radius 3 is 2.96 bits per heavy atom. The van der Waals surface area contributed by atoms with Gasteiger partial charge in [0, 0.05) is 25.8 Å². The standard InChI is InChI=1S/C20H31N5/c1-15-8-10-25(12-16-5-3-2-4-6-16)13-17(15)11-22-20-18-7-9-21-19(18)23-14-24-20/h7,9,14-17H,2-6,8,10-13H2,1H3,(H2,21,22,23,24). The third kappa shape index (κ3) is 3.97. The number of fused-ring (bicyclic) bond motifs is 1. The van der Waals surface area contributed by atoms with Gasteiger partial charge in [0.1, 0.15) is 17.8 Å². The lowest BCUT2D eigenvalue weighted by Crippen LogP contribution is -2.44. The van der Waals surface area contributed by atoms with Crippen molar-refractivity contribution in [2.75, 3.05) is 31.5 Å². The van der Waals surface area contributed by atoms with Gasteiger partial charge in [-0.15, -0.1) is 0 Å². The zero-order valence-electron chi connectivity index (χ0n) is 15.4. The molecule has 5 nitrogen and oxygen atoms in total. The average molecular weight is 342 g/mol. The van der Waals surface area contributed by atoms with E-state index in [-0.39, 0.29) is 0 Å². The number of nitrogens with one attached hydrogen (secondary N) is 2. The second-order valence-corrected chi connectivity index (χ2v) is 8.13. The van der Waals surface area contributed by atoms with Gasteiger partial charge in [-0.3, -0.25) is 0 Å². The Kier molecular flexibility index (Phi) is 5.20. The van der Waals surface area contributed by atoms with Crippen molar-refractivity contribution in [1.29, 1.82) is 0 Å². The van der Waals surface area contributed by atoms with Gasteiger partial charge in [-0.2, -0.15) is 0 Å². The zero-order valence-corrected chi connectivity index (χ0v) is 15.4. The molecule has 1 aliphatic carbocycles. The summed E-state index contributed by atoms with van der Waals surface area (Å²) in [6, 6.07) is 2.05. The average Bonchev–Trinajstić information content (AvgIpc) is 3.12. The van der Waals surface area contributed by atoms with E-state index in [1.54, 1.807) is 6.33 Å². The van der Waals surface area contributed by atoms with Crippen LogP contribution in [0.15, 0.2) is 18.6 Å². The molecule has 3 heterocycles. The summed E-state index contributed by atoms with van der Waals surface area (Å²) in [5.74, 6) is 3.37. The molecule has 136 valence electrons. The predicted molar refractivity (Wildman–Crippen MR) is 103 cm³/mol. The molecule has 0 radical (unpaired) electrons. The molecule has 4 rings (SSSR count). The van der Waals surface area contributed by atoms with Gasteiger partial charge in [-0.1, -0.05) is 26.2 Å². The maximum Gasteiger partial charge on any atom is 0.142 e. The van der Waals surface area contributed by atoms with Crippen LogP contribution in [0.4, 0.5) is 5.82 Å². The van der Waals surface area contributed by atoms with Crippen molar-refractivity contribution < 1.29 is 0 Å². The van der Waals surface area contributed by atoms with Crippen LogP contribution in [0.5, 0.6) is 0 Å². The fraction of sp³-hybridized carbons (Fsp3) is 0.700. The molecule has 2 fully saturated rings. The third-order valence-corrected chi connectivity index (χ3v) is 6.32. The molecule has 5 heteroatoms. The predicted octanol–water partition coefficient (Wildman–Crippen LogP) is 3.91. The number of aromatic nitrogens is 3. The summed E-state index contributed by atoms with van der Waals surface area (Å²) in [6.45, 7) is 7.24. The number of anilines is 1. The van der Waals surface area contributed by atoms with Gasteiger partial charge in [0.05, 0.1) is 5.39 Å². The highest BCUT2D eigenvalue weighted by molar-refractivity contribution is 5.86. The van der Waals surface area contributed by atoms with Gasteiger partial charge in [-0.25, -0.2) is 9.97 Å². The van der Waals surface area contributed by atoms with Crippen molar-refractivity contribution in [2.45, 2.75) is 45.4 Å². The number of rotatable bonds is 5. The maximum absolute atomic E-state index is 4.45. The Balaban J connectivity index is 1.34. The molecule has 2 aliphatic rings. The molecule has 0 bridgehead atoms. The van der Waals surface area contributed by atoms with Crippen LogP contribution in [0.1, 0.15) is 45.4 Å². The van der Waals surface area contributed by atoms with Crippen molar-refractivity contribution in [2.24, 2.45) is 17.8 Å². The van der Waals surface area contributed by atoms with Gasteiger partial charge < -0.3 is 15.2 Å². The Bertz CT molecular complexity index is 676. The molecule has 0 spiro atoms. The molecule has 25 heavy (non-hydrogen) atoms. The van der Waals surface area contributed by atoms with Crippen LogP contribution in [0.25, 0.3) is 11.0 Å². The second kappa shape index (κ2) is 7.73. The first-order valence-electron chi connectivity index (χ1n) is 10.0. The molecule has 2 aromatic rings. The number of H-pyrrole nitrogens is 1. The fourth-order valence-electron chi connectivity index (χ4n) is 4.63. The van der Waals surface area contributed by atoms with Crippen LogP contribution in [0.3, 0.4) is 0 Å². The Hall–Kier alpha value is -1.62. The number of nitrogens with zero attached hydrogens (tertiary/aromatic N) is 3. The lowest BCUT2D eigenvalue weighted by molar-refractivity contribution is 0.108. The monoisotopic (exact) mass is 341 g/mol. The molecule has 0 amide bonds. The van der Waals surface area contributed by atoms with E-state index in [0.717, 1.165) is 35.2 Å². The molecule has 0 aromatic carbocycles. The second-order valence-electron chi connectivity index (χ2n) is 8.13. The molecule has 2 aromatic heterocycles. The minimum Gasteiger partial charge on any atom is -0.369 e. The first kappa shape index (κ1) is 16.8. The highest BCUT2D eigenvalue weighted by Crippen LogP contribution is 2.29. The molecule has 2 N–H and O–H groups in total. The van der Waals surface area contributed by atoms with E-state index >= 15 is 0 Å². The van der Waals surface area contributed by atoms with Crippen molar-refractivity contribution in [1.82, 2.24) is 19.9 Å². The van der Waals surface area contributed by atoms with Gasteiger partial charge in [0.15, 0.2) is 0 Å². The first-order valence-corrected chi connectivity index (χ1v) is 10.0. The topological polar surface area (TPSA) is 56.8 Å². The van der Waals surface area contributed by atoms with E-state index in [2.05, 4.69) is 38.2 Å². The largest absolute Gasteiger partial charge is 0.369 e. The van der Waals surface area contributed by atoms with E-state index in [1.807, 2.05) is 6.20 Å². The van der Waals surface area contributed by atoms with Crippen molar-refractivity contribution >= 4 is 16.9 Å². The van der Waals surface area contributed by atoms with E-state index < -0.39 is 0 Å². The molecular weight excluding hydrogens is 310 g/mol. The summed E-state index contributed by atoms with van der Waals surface area (Å²) in [5.41, 5.74) is 0.910. The van der Waals surface area contributed by atoms with Crippen molar-refractivity contribution in [3.8, 4) is 0 Å². The zero-order chi connectivity index (χ0) is 17.1. The highest BCUT2D eigenvalue weighted by Gasteiger charge is 2.28. The van der Waals surface area contributed by atoms with Gasteiger partial charge >= 0.3 is 0 Å².